The molecular weight excluding hydrogens is 489 g/mol. The molecule has 1 atom stereocenters. The van der Waals surface area contributed by atoms with Gasteiger partial charge in [0.15, 0.2) is 20.8 Å². The summed E-state index contributed by atoms with van der Waals surface area (Å²) in [5, 5.41) is 4.80. The summed E-state index contributed by atoms with van der Waals surface area (Å²) in [6.45, 7) is 1.28. The van der Waals surface area contributed by atoms with Crippen LogP contribution in [0.3, 0.4) is 0 Å². The fourth-order valence-electron chi connectivity index (χ4n) is 4.42. The molecule has 1 saturated heterocycles. The number of ether oxygens (including phenoxy) is 1. The lowest BCUT2D eigenvalue weighted by Gasteiger charge is -2.26. The predicted molar refractivity (Wildman–Crippen MR) is 123 cm³/mol. The average molecular weight is 512 g/mol. The van der Waals surface area contributed by atoms with Crippen molar-refractivity contribution >= 4 is 49.5 Å². The number of Topliss-reactive ketones (excluding diaryl/α,β-unsaturated/α-hetero) is 1. The molecule has 1 unspecified atom stereocenters. The van der Waals surface area contributed by atoms with E-state index in [4.69, 9.17) is 16.3 Å². The summed E-state index contributed by atoms with van der Waals surface area (Å²) in [4.78, 5) is 17.6. The second kappa shape index (κ2) is 9.05. The molecule has 7 nitrogen and oxygen atoms in total. The van der Waals surface area contributed by atoms with Gasteiger partial charge >= 0.3 is 0 Å². The van der Waals surface area contributed by atoms with Crippen molar-refractivity contribution in [1.82, 2.24) is 14.8 Å². The molecule has 33 heavy (non-hydrogen) atoms. The van der Waals surface area contributed by atoms with Crippen LogP contribution < -0.4 is 0 Å². The number of aromatic nitrogens is 3. The second-order valence-electron chi connectivity index (χ2n) is 8.68. The van der Waals surface area contributed by atoms with E-state index in [1.807, 2.05) is 0 Å². The maximum absolute atomic E-state index is 13.4. The Hall–Kier alpha value is -1.88. The van der Waals surface area contributed by atoms with E-state index in [1.165, 1.54) is 12.3 Å². The van der Waals surface area contributed by atoms with Crippen molar-refractivity contribution < 1.29 is 22.3 Å². The summed E-state index contributed by atoms with van der Waals surface area (Å²) >= 11 is 7.19. The van der Waals surface area contributed by atoms with Gasteiger partial charge in [-0.15, -0.1) is 0 Å². The van der Waals surface area contributed by atoms with Gasteiger partial charge < -0.3 is 4.74 Å². The van der Waals surface area contributed by atoms with E-state index < -0.39 is 21.0 Å². The van der Waals surface area contributed by atoms with Crippen LogP contribution in [0.15, 0.2) is 29.4 Å². The van der Waals surface area contributed by atoms with Gasteiger partial charge in [-0.2, -0.15) is 9.49 Å². The number of hydrogen-bond acceptors (Lipinski definition) is 7. The predicted octanol–water partition coefficient (Wildman–Crippen LogP) is 4.39. The fraction of sp³-hybridized carbons (Fsp3) is 0.500. The Bertz CT molecular complexity index is 1300. The van der Waals surface area contributed by atoms with Crippen LogP contribution in [-0.2, 0) is 25.8 Å². The van der Waals surface area contributed by atoms with Crippen LogP contribution in [0.4, 0.5) is 4.39 Å². The third kappa shape index (κ3) is 4.71. The van der Waals surface area contributed by atoms with Crippen molar-refractivity contribution in [1.29, 1.82) is 0 Å². The molecule has 2 aliphatic rings. The van der Waals surface area contributed by atoms with E-state index in [1.54, 1.807) is 10.7 Å². The van der Waals surface area contributed by atoms with Gasteiger partial charge in [-0.25, -0.2) is 13.4 Å². The molecule has 0 spiro atoms. The minimum atomic E-state index is -3.51. The number of fused-ring (bicyclic) bond motifs is 1. The number of carbonyl (C=O) groups is 1. The summed E-state index contributed by atoms with van der Waals surface area (Å²) in [5.74, 6) is 0.112. The minimum Gasteiger partial charge on any atom is -0.381 e. The van der Waals surface area contributed by atoms with Crippen LogP contribution in [0.25, 0.3) is 10.9 Å². The van der Waals surface area contributed by atoms with Gasteiger partial charge in [0.1, 0.15) is 11.0 Å². The number of thiazole rings is 1. The Morgan fingerprint density at radius 2 is 2.00 bits per heavy atom. The number of benzene rings is 1. The van der Waals surface area contributed by atoms with Crippen molar-refractivity contribution in [2.24, 2.45) is 5.92 Å². The zero-order chi connectivity index (χ0) is 23.2. The van der Waals surface area contributed by atoms with Crippen molar-refractivity contribution in [3.8, 4) is 0 Å². The van der Waals surface area contributed by atoms with Crippen molar-refractivity contribution in [2.75, 3.05) is 13.2 Å². The van der Waals surface area contributed by atoms with Gasteiger partial charge in [-0.3, -0.25) is 9.48 Å². The van der Waals surface area contributed by atoms with Crippen LogP contribution in [0.5, 0.6) is 0 Å². The number of ketones is 1. The molecule has 1 aliphatic heterocycles. The van der Waals surface area contributed by atoms with Crippen molar-refractivity contribution in [2.45, 2.75) is 54.7 Å². The highest BCUT2D eigenvalue weighted by Crippen LogP contribution is 2.39. The minimum absolute atomic E-state index is 0.0162. The Labute approximate surface area is 199 Å². The standard InChI is InChI=1S/C22H23ClFN3O4S2/c23-14-8-17-16(20(9-14)33(29,30)15-1-2-15)11-26-27(17)18(7-13-3-5-31-6-4-13)19(28)10-22-25-12-21(24)32-22/h8-9,11-13,15,18H,1-7,10H2. The highest BCUT2D eigenvalue weighted by atomic mass is 35.5. The average Bonchev–Trinajstić information content (AvgIpc) is 3.47. The lowest BCUT2D eigenvalue weighted by Crippen LogP contribution is -2.27. The molecular formula is C22H23ClFN3O4S2. The molecule has 2 fully saturated rings. The normalized spacial score (nSPS) is 18.6. The molecule has 1 saturated carbocycles. The molecule has 2 aromatic heterocycles. The lowest BCUT2D eigenvalue weighted by atomic mass is 9.90. The first kappa shape index (κ1) is 22.9. The molecule has 1 aromatic carbocycles. The smallest absolute Gasteiger partial charge is 0.196 e. The van der Waals surface area contributed by atoms with Crippen LogP contribution in [-0.4, -0.2) is 47.4 Å². The summed E-state index contributed by atoms with van der Waals surface area (Å²) in [5.41, 5.74) is 0.512. The SMILES string of the molecule is O=C(Cc1ncc(F)s1)C(CC1CCOCC1)n1ncc2c(S(=O)(=O)C3CC3)cc(Cl)cc21. The zero-order valence-electron chi connectivity index (χ0n) is 17.7. The zero-order valence-corrected chi connectivity index (χ0v) is 20.1. The quantitative estimate of drug-likeness (QED) is 0.445. The first-order chi connectivity index (χ1) is 15.8. The van der Waals surface area contributed by atoms with Gasteiger partial charge in [0.05, 0.1) is 34.5 Å². The lowest BCUT2D eigenvalue weighted by molar-refractivity contribution is -0.122. The molecule has 176 valence electrons. The highest BCUT2D eigenvalue weighted by Gasteiger charge is 2.39. The Kier molecular flexibility index (Phi) is 6.28. The number of nitrogens with zero attached hydrogens (tertiary/aromatic N) is 3. The fourth-order valence-corrected chi connectivity index (χ4v) is 7.22. The number of halogens is 2. The van der Waals surface area contributed by atoms with E-state index in [9.17, 15) is 17.6 Å². The second-order valence-corrected chi connectivity index (χ2v) is 12.4. The third-order valence-corrected chi connectivity index (χ3v) is 9.63. The highest BCUT2D eigenvalue weighted by molar-refractivity contribution is 7.92. The molecule has 1 aliphatic carbocycles. The van der Waals surface area contributed by atoms with Gasteiger partial charge in [0.25, 0.3) is 0 Å². The largest absolute Gasteiger partial charge is 0.381 e. The molecule has 3 aromatic rings. The van der Waals surface area contributed by atoms with Gasteiger partial charge in [-0.05, 0) is 50.2 Å². The first-order valence-corrected chi connectivity index (χ1v) is 13.7. The first-order valence-electron chi connectivity index (χ1n) is 10.9. The molecule has 0 bridgehead atoms. The summed E-state index contributed by atoms with van der Waals surface area (Å²) in [6, 6.07) is 2.48. The van der Waals surface area contributed by atoms with Crippen LogP contribution in [0.2, 0.25) is 5.02 Å². The number of sulfone groups is 1. The van der Waals surface area contributed by atoms with Crippen molar-refractivity contribution in [3.63, 3.8) is 0 Å². The summed E-state index contributed by atoms with van der Waals surface area (Å²) in [6.07, 6.45) is 6.07. The number of carbonyl (C=O) groups excluding carboxylic acids is 1. The third-order valence-electron chi connectivity index (χ3n) is 6.33. The van der Waals surface area contributed by atoms with Gasteiger partial charge in [0.2, 0.25) is 0 Å². The maximum atomic E-state index is 13.4. The van der Waals surface area contributed by atoms with E-state index in [0.717, 1.165) is 30.4 Å². The van der Waals surface area contributed by atoms with Crippen LogP contribution in [0.1, 0.15) is 43.2 Å². The maximum Gasteiger partial charge on any atom is 0.196 e. The molecule has 5 rings (SSSR count). The van der Waals surface area contributed by atoms with Crippen molar-refractivity contribution in [3.05, 3.63) is 39.7 Å². The monoisotopic (exact) mass is 511 g/mol. The molecule has 0 radical (unpaired) electrons. The van der Waals surface area contributed by atoms with E-state index in [-0.39, 0.29) is 33.3 Å². The van der Waals surface area contributed by atoms with Gasteiger partial charge in [-0.1, -0.05) is 22.9 Å². The molecule has 11 heteroatoms. The Morgan fingerprint density at radius 1 is 1.24 bits per heavy atom. The molecule has 0 N–H and O–H groups in total. The summed E-state index contributed by atoms with van der Waals surface area (Å²) in [7, 11) is -3.51. The van der Waals surface area contributed by atoms with Gasteiger partial charge in [0, 0.05) is 23.6 Å². The summed E-state index contributed by atoms with van der Waals surface area (Å²) < 4.78 is 46.5. The Balaban J connectivity index is 1.55. The Morgan fingerprint density at radius 3 is 2.67 bits per heavy atom. The van der Waals surface area contributed by atoms with E-state index >= 15 is 0 Å². The van der Waals surface area contributed by atoms with E-state index in [2.05, 4.69) is 10.1 Å². The topological polar surface area (TPSA) is 91.2 Å². The van der Waals surface area contributed by atoms with Crippen LogP contribution in [0, 0.1) is 11.0 Å². The van der Waals surface area contributed by atoms with E-state index in [0.29, 0.717) is 48.4 Å². The number of hydrogen-bond donors (Lipinski definition) is 0. The van der Waals surface area contributed by atoms with Crippen LogP contribution >= 0.6 is 22.9 Å². The number of rotatable bonds is 8. The molecule has 3 heterocycles. The molecule has 0 amide bonds.